The maximum atomic E-state index is 13.3. The summed E-state index contributed by atoms with van der Waals surface area (Å²) in [6, 6.07) is 10.3. The number of nitrogens with zero attached hydrogens (tertiary/aromatic N) is 2. The molecule has 0 atom stereocenters. The molecule has 7 nitrogen and oxygen atoms in total. The standard InChI is InChI=1S/C23H26FN3O4S/c1-23(2)19-14-18(8-9-20(19)26(3)22(23)29)32(30,31)27-12-10-15(11-13-27)21(28)25-17-6-4-16(24)5-7-17/h4-9,14-15H,10-13H2,1-3H3,(H,25,28). The summed E-state index contributed by atoms with van der Waals surface area (Å²) in [5.41, 5.74) is 1.13. The van der Waals surface area contributed by atoms with Gasteiger partial charge in [0, 0.05) is 37.4 Å². The van der Waals surface area contributed by atoms with Crippen LogP contribution in [0.4, 0.5) is 15.8 Å². The lowest BCUT2D eigenvalue weighted by atomic mass is 9.86. The van der Waals surface area contributed by atoms with Crippen molar-refractivity contribution in [2.75, 3.05) is 30.4 Å². The van der Waals surface area contributed by atoms with Crippen LogP contribution in [0.15, 0.2) is 47.4 Å². The monoisotopic (exact) mass is 459 g/mol. The highest BCUT2D eigenvalue weighted by Crippen LogP contribution is 2.42. The summed E-state index contributed by atoms with van der Waals surface area (Å²) in [5, 5.41) is 2.76. The van der Waals surface area contributed by atoms with Crippen LogP contribution in [0.25, 0.3) is 0 Å². The predicted molar refractivity (Wildman–Crippen MR) is 119 cm³/mol. The first-order valence-corrected chi connectivity index (χ1v) is 11.9. The molecule has 0 spiro atoms. The molecule has 2 aliphatic rings. The van der Waals surface area contributed by atoms with Gasteiger partial charge in [-0.2, -0.15) is 4.31 Å². The zero-order valence-electron chi connectivity index (χ0n) is 18.3. The van der Waals surface area contributed by atoms with Crippen molar-refractivity contribution in [3.8, 4) is 0 Å². The number of rotatable bonds is 4. The number of sulfonamides is 1. The van der Waals surface area contributed by atoms with Crippen molar-refractivity contribution in [2.24, 2.45) is 5.92 Å². The fourth-order valence-corrected chi connectivity index (χ4v) is 5.89. The maximum Gasteiger partial charge on any atom is 0.243 e. The summed E-state index contributed by atoms with van der Waals surface area (Å²) in [6.07, 6.45) is 0.786. The van der Waals surface area contributed by atoms with Gasteiger partial charge >= 0.3 is 0 Å². The smallest absolute Gasteiger partial charge is 0.243 e. The van der Waals surface area contributed by atoms with Gasteiger partial charge in [0.1, 0.15) is 5.82 Å². The lowest BCUT2D eigenvalue weighted by molar-refractivity contribution is -0.122. The molecule has 0 unspecified atom stereocenters. The third-order valence-corrected chi connectivity index (χ3v) is 8.31. The van der Waals surface area contributed by atoms with Gasteiger partial charge in [-0.3, -0.25) is 9.59 Å². The highest BCUT2D eigenvalue weighted by molar-refractivity contribution is 7.89. The van der Waals surface area contributed by atoms with E-state index in [1.165, 1.54) is 34.6 Å². The number of carbonyl (C=O) groups is 2. The molecule has 1 fully saturated rings. The Kier molecular flexibility index (Phi) is 5.58. The fraction of sp³-hybridized carbons (Fsp3) is 0.391. The molecule has 2 aliphatic heterocycles. The highest BCUT2D eigenvalue weighted by Gasteiger charge is 2.43. The van der Waals surface area contributed by atoms with E-state index < -0.39 is 15.4 Å². The van der Waals surface area contributed by atoms with Gasteiger partial charge in [0.05, 0.1) is 10.3 Å². The van der Waals surface area contributed by atoms with Crippen molar-refractivity contribution in [1.29, 1.82) is 0 Å². The van der Waals surface area contributed by atoms with Crippen LogP contribution >= 0.6 is 0 Å². The average molecular weight is 460 g/mol. The Morgan fingerprint density at radius 1 is 1.09 bits per heavy atom. The zero-order chi connectivity index (χ0) is 23.3. The van der Waals surface area contributed by atoms with Crippen LogP contribution in [0.3, 0.4) is 0 Å². The van der Waals surface area contributed by atoms with Gasteiger partial charge in [-0.15, -0.1) is 0 Å². The van der Waals surface area contributed by atoms with Crippen LogP contribution in [0.2, 0.25) is 0 Å². The van der Waals surface area contributed by atoms with Crippen molar-refractivity contribution in [2.45, 2.75) is 37.0 Å². The van der Waals surface area contributed by atoms with Gasteiger partial charge in [0.2, 0.25) is 21.8 Å². The molecule has 4 rings (SSSR count). The number of nitrogens with one attached hydrogen (secondary N) is 1. The molecule has 0 aromatic heterocycles. The number of likely N-dealkylation sites (N-methyl/N-ethyl adjacent to an activating group) is 1. The number of benzene rings is 2. The van der Waals surface area contributed by atoms with Crippen LogP contribution in [0, 0.1) is 11.7 Å². The molecule has 0 bridgehead atoms. The first-order valence-electron chi connectivity index (χ1n) is 10.5. The minimum atomic E-state index is -3.75. The normalized spacial score (nSPS) is 19.1. The van der Waals surface area contributed by atoms with E-state index in [1.807, 2.05) is 0 Å². The molecular weight excluding hydrogens is 433 g/mol. The molecule has 1 saturated heterocycles. The summed E-state index contributed by atoms with van der Waals surface area (Å²) in [4.78, 5) is 26.7. The van der Waals surface area contributed by atoms with E-state index >= 15 is 0 Å². The van der Waals surface area contributed by atoms with Crippen molar-refractivity contribution in [3.05, 3.63) is 53.8 Å². The summed E-state index contributed by atoms with van der Waals surface area (Å²) in [6.45, 7) is 4.03. The highest BCUT2D eigenvalue weighted by atomic mass is 32.2. The number of hydrogen-bond donors (Lipinski definition) is 1. The summed E-state index contributed by atoms with van der Waals surface area (Å²) in [7, 11) is -2.07. The molecule has 0 radical (unpaired) electrons. The van der Waals surface area contributed by atoms with E-state index in [1.54, 1.807) is 37.9 Å². The molecule has 9 heteroatoms. The fourth-order valence-electron chi connectivity index (χ4n) is 4.40. The van der Waals surface area contributed by atoms with Crippen molar-refractivity contribution in [1.82, 2.24) is 4.31 Å². The summed E-state index contributed by atoms with van der Waals surface area (Å²) in [5.74, 6) is -0.978. The van der Waals surface area contributed by atoms with Crippen LogP contribution in [0.1, 0.15) is 32.3 Å². The topological polar surface area (TPSA) is 86.8 Å². The van der Waals surface area contributed by atoms with Crippen molar-refractivity contribution in [3.63, 3.8) is 0 Å². The van der Waals surface area contributed by atoms with Crippen LogP contribution in [0.5, 0.6) is 0 Å². The van der Waals surface area contributed by atoms with E-state index in [0.29, 0.717) is 24.1 Å². The van der Waals surface area contributed by atoms with Gasteiger partial charge < -0.3 is 10.2 Å². The van der Waals surface area contributed by atoms with E-state index in [0.717, 1.165) is 5.69 Å². The number of fused-ring (bicyclic) bond motifs is 1. The van der Waals surface area contributed by atoms with Gasteiger partial charge in [0.25, 0.3) is 0 Å². The van der Waals surface area contributed by atoms with Crippen LogP contribution in [-0.2, 0) is 25.0 Å². The van der Waals surface area contributed by atoms with E-state index in [-0.39, 0.29) is 41.5 Å². The molecule has 1 N–H and O–H groups in total. The zero-order valence-corrected chi connectivity index (χ0v) is 19.1. The molecule has 2 amide bonds. The quantitative estimate of drug-likeness (QED) is 0.761. The average Bonchev–Trinajstić information content (AvgIpc) is 2.95. The Labute approximate surface area is 187 Å². The first-order chi connectivity index (χ1) is 15.0. The third kappa shape index (κ3) is 3.80. The summed E-state index contributed by atoms with van der Waals surface area (Å²) < 4.78 is 40.9. The van der Waals surface area contributed by atoms with E-state index in [2.05, 4.69) is 5.32 Å². The number of halogens is 1. The first kappa shape index (κ1) is 22.4. The molecule has 170 valence electrons. The molecule has 2 aromatic carbocycles. The van der Waals surface area contributed by atoms with E-state index in [9.17, 15) is 22.4 Å². The lowest BCUT2D eigenvalue weighted by Crippen LogP contribution is -2.41. The molecule has 32 heavy (non-hydrogen) atoms. The van der Waals surface area contributed by atoms with Crippen molar-refractivity contribution < 1.29 is 22.4 Å². The predicted octanol–water partition coefficient (Wildman–Crippen LogP) is 3.12. The van der Waals surface area contributed by atoms with Crippen LogP contribution < -0.4 is 10.2 Å². The number of carbonyl (C=O) groups excluding carboxylic acids is 2. The number of hydrogen-bond acceptors (Lipinski definition) is 4. The second-order valence-electron chi connectivity index (χ2n) is 8.84. The maximum absolute atomic E-state index is 13.3. The molecule has 0 saturated carbocycles. The number of piperidine rings is 1. The second-order valence-corrected chi connectivity index (χ2v) is 10.8. The Hall–Kier alpha value is -2.78. The van der Waals surface area contributed by atoms with Crippen LogP contribution in [-0.4, -0.2) is 44.7 Å². The van der Waals surface area contributed by atoms with Crippen molar-refractivity contribution >= 4 is 33.2 Å². The Balaban J connectivity index is 1.46. The minimum absolute atomic E-state index is 0.0740. The molecular formula is C23H26FN3O4S. The Morgan fingerprint density at radius 3 is 2.34 bits per heavy atom. The number of anilines is 2. The van der Waals surface area contributed by atoms with Gasteiger partial charge in [0.15, 0.2) is 0 Å². The van der Waals surface area contributed by atoms with Gasteiger partial charge in [-0.1, -0.05) is 0 Å². The SMILES string of the molecule is CN1C(=O)C(C)(C)c2cc(S(=O)(=O)N3CCC(C(=O)Nc4ccc(F)cc4)CC3)ccc21. The Morgan fingerprint density at radius 2 is 1.72 bits per heavy atom. The molecule has 0 aliphatic carbocycles. The number of amides is 2. The molecule has 2 heterocycles. The largest absolute Gasteiger partial charge is 0.326 e. The van der Waals surface area contributed by atoms with Gasteiger partial charge in [-0.25, -0.2) is 12.8 Å². The second kappa shape index (κ2) is 7.97. The molecule has 2 aromatic rings. The lowest BCUT2D eigenvalue weighted by Gasteiger charge is -2.30. The van der Waals surface area contributed by atoms with Gasteiger partial charge in [-0.05, 0) is 74.7 Å². The summed E-state index contributed by atoms with van der Waals surface area (Å²) >= 11 is 0. The Bertz CT molecular complexity index is 1170. The third-order valence-electron chi connectivity index (χ3n) is 6.42. The van der Waals surface area contributed by atoms with E-state index in [4.69, 9.17) is 0 Å². The minimum Gasteiger partial charge on any atom is -0.326 e.